The summed E-state index contributed by atoms with van der Waals surface area (Å²) in [6, 6.07) is 7.55. The van der Waals surface area contributed by atoms with E-state index in [-0.39, 0.29) is 17.9 Å². The molecule has 0 spiro atoms. The minimum absolute atomic E-state index is 0.0290. The van der Waals surface area contributed by atoms with Crippen molar-refractivity contribution in [2.24, 2.45) is 5.73 Å². The van der Waals surface area contributed by atoms with Crippen LogP contribution in [-0.2, 0) is 0 Å². The number of piperidine rings is 1. The van der Waals surface area contributed by atoms with Crippen molar-refractivity contribution in [3.8, 4) is 0 Å². The number of nitrogens with two attached hydrogens (primary N) is 1. The van der Waals surface area contributed by atoms with Gasteiger partial charge in [0.15, 0.2) is 0 Å². The zero-order chi connectivity index (χ0) is 14.7. The summed E-state index contributed by atoms with van der Waals surface area (Å²) < 4.78 is 13.1. The van der Waals surface area contributed by atoms with Crippen LogP contribution >= 0.6 is 0 Å². The fourth-order valence-corrected chi connectivity index (χ4v) is 3.16. The number of halogens is 1. The lowest BCUT2D eigenvalue weighted by atomic mass is 9.95. The Balaban J connectivity index is 2.18. The summed E-state index contributed by atoms with van der Waals surface area (Å²) in [7, 11) is 4.26. The summed E-state index contributed by atoms with van der Waals surface area (Å²) in [5.74, 6) is -0.193. The average molecular weight is 279 g/mol. The van der Waals surface area contributed by atoms with E-state index in [0.29, 0.717) is 6.04 Å². The normalized spacial score (nSPS) is 23.8. The van der Waals surface area contributed by atoms with Gasteiger partial charge in [0.05, 0.1) is 0 Å². The van der Waals surface area contributed by atoms with Crippen molar-refractivity contribution in [1.82, 2.24) is 9.80 Å². The van der Waals surface area contributed by atoms with E-state index < -0.39 is 0 Å². The number of nitrogens with zero attached hydrogens (tertiary/aromatic N) is 2. The van der Waals surface area contributed by atoms with E-state index >= 15 is 0 Å². The Morgan fingerprint density at radius 1 is 1.30 bits per heavy atom. The molecule has 1 aliphatic heterocycles. The molecule has 4 heteroatoms. The largest absolute Gasteiger partial charge is 0.326 e. The second-order valence-corrected chi connectivity index (χ2v) is 6.11. The minimum Gasteiger partial charge on any atom is -0.326 e. The Hall–Kier alpha value is -0.970. The van der Waals surface area contributed by atoms with E-state index in [9.17, 15) is 4.39 Å². The lowest BCUT2D eigenvalue weighted by molar-refractivity contribution is 0.0864. The molecule has 0 amide bonds. The number of hydrogen-bond donors (Lipinski definition) is 1. The zero-order valence-corrected chi connectivity index (χ0v) is 12.7. The van der Waals surface area contributed by atoms with Gasteiger partial charge in [-0.15, -0.1) is 0 Å². The molecule has 3 unspecified atom stereocenters. The highest BCUT2D eigenvalue weighted by molar-refractivity contribution is 5.21. The predicted octanol–water partition coefficient (Wildman–Crippen LogP) is 2.24. The van der Waals surface area contributed by atoms with Crippen LogP contribution in [0.25, 0.3) is 0 Å². The molecule has 1 aromatic carbocycles. The molecule has 0 aromatic heterocycles. The van der Waals surface area contributed by atoms with Gasteiger partial charge in [0.2, 0.25) is 0 Å². The molecule has 1 aliphatic rings. The molecule has 3 atom stereocenters. The predicted molar refractivity (Wildman–Crippen MR) is 81.1 cm³/mol. The maximum Gasteiger partial charge on any atom is 0.123 e. The summed E-state index contributed by atoms with van der Waals surface area (Å²) in [4.78, 5) is 4.74. The van der Waals surface area contributed by atoms with Gasteiger partial charge in [-0.25, -0.2) is 4.39 Å². The van der Waals surface area contributed by atoms with E-state index in [1.54, 1.807) is 0 Å². The van der Waals surface area contributed by atoms with Crippen LogP contribution in [0, 0.1) is 5.82 Å². The summed E-state index contributed by atoms with van der Waals surface area (Å²) in [6.45, 7) is 4.12. The highest BCUT2D eigenvalue weighted by Gasteiger charge is 2.29. The third kappa shape index (κ3) is 3.57. The van der Waals surface area contributed by atoms with Crippen molar-refractivity contribution in [3.05, 3.63) is 35.6 Å². The Kier molecular flexibility index (Phi) is 5.13. The monoisotopic (exact) mass is 279 g/mol. The van der Waals surface area contributed by atoms with Crippen molar-refractivity contribution in [2.75, 3.05) is 27.2 Å². The van der Waals surface area contributed by atoms with E-state index in [1.807, 2.05) is 19.1 Å². The molecular weight excluding hydrogens is 253 g/mol. The lowest BCUT2D eigenvalue weighted by Gasteiger charge is -2.42. The second kappa shape index (κ2) is 6.66. The fraction of sp³-hybridized carbons (Fsp3) is 0.625. The van der Waals surface area contributed by atoms with Gasteiger partial charge in [-0.2, -0.15) is 0 Å². The molecule has 112 valence electrons. The topological polar surface area (TPSA) is 32.5 Å². The van der Waals surface area contributed by atoms with Crippen molar-refractivity contribution >= 4 is 0 Å². The number of rotatable bonds is 4. The van der Waals surface area contributed by atoms with Crippen molar-refractivity contribution < 1.29 is 4.39 Å². The molecule has 0 radical (unpaired) electrons. The van der Waals surface area contributed by atoms with E-state index in [4.69, 9.17) is 5.73 Å². The third-order valence-corrected chi connectivity index (χ3v) is 4.26. The average Bonchev–Trinajstić information content (AvgIpc) is 2.41. The standard InChI is InChI=1S/C16H26FN3/c1-12(18)16(13-6-8-14(17)9-7-13)20-10-4-5-15(11-20)19(2)3/h6-9,12,15-16H,4-5,10-11,18H2,1-3H3. The third-order valence-electron chi connectivity index (χ3n) is 4.26. The Bertz CT molecular complexity index is 416. The van der Waals surface area contributed by atoms with E-state index in [0.717, 1.165) is 18.7 Å². The first-order chi connectivity index (χ1) is 9.49. The van der Waals surface area contributed by atoms with Crippen LogP contribution in [0.2, 0.25) is 0 Å². The first-order valence-corrected chi connectivity index (χ1v) is 7.40. The van der Waals surface area contributed by atoms with Crippen LogP contribution in [0.4, 0.5) is 4.39 Å². The first kappa shape index (κ1) is 15.4. The molecule has 2 rings (SSSR count). The maximum atomic E-state index is 13.1. The molecule has 3 nitrogen and oxygen atoms in total. The molecule has 1 heterocycles. The highest BCUT2D eigenvalue weighted by atomic mass is 19.1. The van der Waals surface area contributed by atoms with Gasteiger partial charge in [-0.3, -0.25) is 4.90 Å². The Labute approximate surface area is 121 Å². The van der Waals surface area contributed by atoms with Crippen LogP contribution in [-0.4, -0.2) is 49.1 Å². The van der Waals surface area contributed by atoms with Gasteiger partial charge < -0.3 is 10.6 Å². The Morgan fingerprint density at radius 2 is 1.95 bits per heavy atom. The molecule has 1 aromatic rings. The molecule has 2 N–H and O–H groups in total. The SMILES string of the molecule is CC(N)C(c1ccc(F)cc1)N1CCCC(N(C)C)C1. The number of likely N-dealkylation sites (N-methyl/N-ethyl adjacent to an activating group) is 1. The second-order valence-electron chi connectivity index (χ2n) is 6.11. The van der Waals surface area contributed by atoms with E-state index in [1.165, 1.54) is 25.0 Å². The Morgan fingerprint density at radius 3 is 2.50 bits per heavy atom. The first-order valence-electron chi connectivity index (χ1n) is 7.40. The molecule has 20 heavy (non-hydrogen) atoms. The van der Waals surface area contributed by atoms with Gasteiger partial charge in [0, 0.05) is 24.7 Å². The molecule has 0 bridgehead atoms. The molecule has 0 saturated carbocycles. The van der Waals surface area contributed by atoms with Gasteiger partial charge in [-0.05, 0) is 58.1 Å². The van der Waals surface area contributed by atoms with Gasteiger partial charge in [-0.1, -0.05) is 12.1 Å². The molecular formula is C16H26FN3. The lowest BCUT2D eigenvalue weighted by Crippen LogP contribution is -2.49. The van der Waals surface area contributed by atoms with Crippen molar-refractivity contribution in [2.45, 2.75) is 37.9 Å². The summed E-state index contributed by atoms with van der Waals surface area (Å²) >= 11 is 0. The molecule has 1 saturated heterocycles. The maximum absolute atomic E-state index is 13.1. The minimum atomic E-state index is -0.193. The summed E-state index contributed by atoms with van der Waals surface area (Å²) in [5.41, 5.74) is 7.32. The van der Waals surface area contributed by atoms with Crippen LogP contribution in [0.3, 0.4) is 0 Å². The summed E-state index contributed by atoms with van der Waals surface area (Å²) in [5, 5.41) is 0. The highest BCUT2D eigenvalue weighted by Crippen LogP contribution is 2.28. The number of hydrogen-bond acceptors (Lipinski definition) is 3. The van der Waals surface area contributed by atoms with Crippen molar-refractivity contribution in [1.29, 1.82) is 0 Å². The van der Waals surface area contributed by atoms with E-state index in [2.05, 4.69) is 23.9 Å². The van der Waals surface area contributed by atoms with Crippen LogP contribution < -0.4 is 5.73 Å². The zero-order valence-electron chi connectivity index (χ0n) is 12.7. The van der Waals surface area contributed by atoms with Gasteiger partial charge in [0.1, 0.15) is 5.82 Å². The van der Waals surface area contributed by atoms with Gasteiger partial charge >= 0.3 is 0 Å². The smallest absolute Gasteiger partial charge is 0.123 e. The quantitative estimate of drug-likeness (QED) is 0.917. The van der Waals surface area contributed by atoms with Crippen LogP contribution in [0.5, 0.6) is 0 Å². The fourth-order valence-electron chi connectivity index (χ4n) is 3.16. The van der Waals surface area contributed by atoms with Gasteiger partial charge in [0.25, 0.3) is 0 Å². The van der Waals surface area contributed by atoms with Crippen LogP contribution in [0.15, 0.2) is 24.3 Å². The number of likely N-dealkylation sites (tertiary alicyclic amines) is 1. The van der Waals surface area contributed by atoms with Crippen molar-refractivity contribution in [3.63, 3.8) is 0 Å². The van der Waals surface area contributed by atoms with Crippen LogP contribution in [0.1, 0.15) is 31.4 Å². The molecule has 0 aliphatic carbocycles. The number of benzene rings is 1. The summed E-state index contributed by atoms with van der Waals surface area (Å²) in [6.07, 6.45) is 2.42. The molecule has 1 fully saturated rings.